The number of para-hydroxylation sites is 2. The van der Waals surface area contributed by atoms with E-state index in [1.165, 1.54) is 0 Å². The van der Waals surface area contributed by atoms with Crippen LogP contribution >= 0.6 is 15.9 Å². The van der Waals surface area contributed by atoms with E-state index in [9.17, 15) is 4.79 Å². The molecule has 3 aromatic rings. The van der Waals surface area contributed by atoms with Gasteiger partial charge >= 0.3 is 0 Å². The van der Waals surface area contributed by atoms with Crippen molar-refractivity contribution in [2.24, 2.45) is 5.92 Å². The number of benzene rings is 1. The third-order valence-electron chi connectivity index (χ3n) is 3.40. The standard InChI is InChI=1S/C15H15BrN2O/c1-11(9-16)10-18-13-6-3-2-5-12(13)17-8-4-7-14(17)15(18)19/h2-8,11H,9-10H2,1H3. The molecule has 3 nitrogen and oxygen atoms in total. The summed E-state index contributed by atoms with van der Waals surface area (Å²) >= 11 is 3.48. The molecule has 0 amide bonds. The highest BCUT2D eigenvalue weighted by Crippen LogP contribution is 2.16. The van der Waals surface area contributed by atoms with Crippen LogP contribution < -0.4 is 5.56 Å². The fourth-order valence-corrected chi connectivity index (χ4v) is 2.66. The first kappa shape index (κ1) is 12.5. The zero-order valence-electron chi connectivity index (χ0n) is 10.7. The monoisotopic (exact) mass is 318 g/mol. The van der Waals surface area contributed by atoms with Crippen LogP contribution in [0.4, 0.5) is 0 Å². The highest BCUT2D eigenvalue weighted by molar-refractivity contribution is 9.09. The van der Waals surface area contributed by atoms with Gasteiger partial charge < -0.3 is 8.97 Å². The maximum atomic E-state index is 12.6. The second-order valence-electron chi connectivity index (χ2n) is 4.93. The number of halogens is 1. The van der Waals surface area contributed by atoms with Crippen LogP contribution in [0.3, 0.4) is 0 Å². The Morgan fingerprint density at radius 3 is 2.53 bits per heavy atom. The first-order valence-corrected chi connectivity index (χ1v) is 7.49. The SMILES string of the molecule is CC(CBr)Cn1c(=O)c2cccn2c2ccccc21. The van der Waals surface area contributed by atoms with Gasteiger partial charge in [-0.05, 0) is 30.2 Å². The average Bonchev–Trinajstić information content (AvgIpc) is 2.93. The van der Waals surface area contributed by atoms with Crippen molar-refractivity contribution in [3.8, 4) is 0 Å². The number of nitrogens with zero attached hydrogens (tertiary/aromatic N) is 2. The van der Waals surface area contributed by atoms with Gasteiger partial charge in [0.05, 0.1) is 11.0 Å². The Hall–Kier alpha value is -1.55. The minimum absolute atomic E-state index is 0.0801. The largest absolute Gasteiger partial charge is 0.310 e. The van der Waals surface area contributed by atoms with Gasteiger partial charge in [-0.2, -0.15) is 0 Å². The molecule has 4 heteroatoms. The van der Waals surface area contributed by atoms with Gasteiger partial charge in [-0.1, -0.05) is 35.0 Å². The molecule has 0 bridgehead atoms. The van der Waals surface area contributed by atoms with Crippen LogP contribution in [-0.2, 0) is 6.54 Å². The number of alkyl halides is 1. The van der Waals surface area contributed by atoms with Gasteiger partial charge in [0.15, 0.2) is 0 Å². The summed E-state index contributed by atoms with van der Waals surface area (Å²) in [5.41, 5.74) is 2.88. The zero-order valence-corrected chi connectivity index (χ0v) is 12.3. The van der Waals surface area contributed by atoms with E-state index in [-0.39, 0.29) is 5.56 Å². The van der Waals surface area contributed by atoms with E-state index in [4.69, 9.17) is 0 Å². The number of hydrogen-bond acceptors (Lipinski definition) is 1. The van der Waals surface area contributed by atoms with E-state index in [0.717, 1.165) is 28.4 Å². The van der Waals surface area contributed by atoms with Crippen LogP contribution in [0.15, 0.2) is 47.4 Å². The van der Waals surface area contributed by atoms with Crippen LogP contribution in [-0.4, -0.2) is 14.3 Å². The molecule has 0 aliphatic carbocycles. The Bertz CT molecular complexity index is 788. The molecule has 3 rings (SSSR count). The van der Waals surface area contributed by atoms with E-state index in [1.54, 1.807) is 0 Å². The topological polar surface area (TPSA) is 26.4 Å². The van der Waals surface area contributed by atoms with Crippen LogP contribution in [0.1, 0.15) is 6.92 Å². The molecule has 0 spiro atoms. The van der Waals surface area contributed by atoms with Crippen molar-refractivity contribution in [1.82, 2.24) is 8.97 Å². The second-order valence-corrected chi connectivity index (χ2v) is 5.57. The molecule has 0 radical (unpaired) electrons. The van der Waals surface area contributed by atoms with E-state index < -0.39 is 0 Å². The highest BCUT2D eigenvalue weighted by Gasteiger charge is 2.11. The molecule has 0 aliphatic rings. The van der Waals surface area contributed by atoms with Crippen LogP contribution in [0.2, 0.25) is 0 Å². The lowest BCUT2D eigenvalue weighted by Gasteiger charge is -2.15. The van der Waals surface area contributed by atoms with Gasteiger partial charge in [-0.25, -0.2) is 0 Å². The van der Waals surface area contributed by atoms with Gasteiger partial charge in [0, 0.05) is 18.1 Å². The molecule has 0 aliphatic heterocycles. The van der Waals surface area contributed by atoms with E-state index in [0.29, 0.717) is 5.92 Å². The smallest absolute Gasteiger partial charge is 0.275 e. The average molecular weight is 319 g/mol. The Kier molecular flexibility index (Phi) is 3.19. The van der Waals surface area contributed by atoms with Crippen molar-refractivity contribution < 1.29 is 0 Å². The first-order chi connectivity index (χ1) is 9.22. The summed E-state index contributed by atoms with van der Waals surface area (Å²) in [5, 5.41) is 0.889. The van der Waals surface area contributed by atoms with Gasteiger partial charge in [0.2, 0.25) is 0 Å². The summed E-state index contributed by atoms with van der Waals surface area (Å²) in [5.74, 6) is 0.415. The third-order valence-corrected chi connectivity index (χ3v) is 4.51. The fraction of sp³-hybridized carbons (Fsp3) is 0.267. The minimum Gasteiger partial charge on any atom is -0.310 e. The summed E-state index contributed by atoms with van der Waals surface area (Å²) in [7, 11) is 0. The minimum atomic E-state index is 0.0801. The molecule has 0 N–H and O–H groups in total. The first-order valence-electron chi connectivity index (χ1n) is 6.37. The maximum Gasteiger partial charge on any atom is 0.275 e. The van der Waals surface area contributed by atoms with Crippen LogP contribution in [0.25, 0.3) is 16.6 Å². The quantitative estimate of drug-likeness (QED) is 0.681. The van der Waals surface area contributed by atoms with Crippen LogP contribution in [0, 0.1) is 5.92 Å². The van der Waals surface area contributed by atoms with E-state index in [2.05, 4.69) is 28.9 Å². The van der Waals surface area contributed by atoms with Gasteiger partial charge in [0.1, 0.15) is 5.52 Å². The lowest BCUT2D eigenvalue weighted by atomic mass is 10.2. The molecular formula is C15H15BrN2O. The Morgan fingerprint density at radius 2 is 1.79 bits per heavy atom. The van der Waals surface area contributed by atoms with E-state index >= 15 is 0 Å². The van der Waals surface area contributed by atoms with Crippen molar-refractivity contribution in [1.29, 1.82) is 0 Å². The predicted molar refractivity (Wildman–Crippen MR) is 82.1 cm³/mol. The van der Waals surface area contributed by atoms with Crippen LogP contribution in [0.5, 0.6) is 0 Å². The van der Waals surface area contributed by atoms with Crippen molar-refractivity contribution in [2.45, 2.75) is 13.5 Å². The summed E-state index contributed by atoms with van der Waals surface area (Å²) in [6.07, 6.45) is 1.94. The number of hydrogen-bond donors (Lipinski definition) is 0. The zero-order chi connectivity index (χ0) is 13.4. The summed E-state index contributed by atoms with van der Waals surface area (Å²) < 4.78 is 3.85. The molecule has 1 unspecified atom stereocenters. The third kappa shape index (κ3) is 2.00. The number of aromatic nitrogens is 2. The maximum absolute atomic E-state index is 12.6. The molecular weight excluding hydrogens is 304 g/mol. The van der Waals surface area contributed by atoms with Crippen molar-refractivity contribution in [3.05, 3.63) is 52.9 Å². The molecule has 1 atom stereocenters. The normalized spacial score (nSPS) is 13.2. The van der Waals surface area contributed by atoms with Gasteiger partial charge in [0.25, 0.3) is 5.56 Å². The highest BCUT2D eigenvalue weighted by atomic mass is 79.9. The Labute approximate surface area is 119 Å². The molecule has 0 fully saturated rings. The summed E-state index contributed by atoms with van der Waals surface area (Å²) in [4.78, 5) is 12.6. The Morgan fingerprint density at radius 1 is 1.11 bits per heavy atom. The van der Waals surface area contributed by atoms with Gasteiger partial charge in [-0.3, -0.25) is 4.79 Å². The molecule has 1 aromatic carbocycles. The van der Waals surface area contributed by atoms with Crippen molar-refractivity contribution in [3.63, 3.8) is 0 Å². The second kappa shape index (κ2) is 4.85. The lowest BCUT2D eigenvalue weighted by molar-refractivity contribution is 0.534. The number of rotatable bonds is 3. The van der Waals surface area contributed by atoms with Crippen molar-refractivity contribution >= 4 is 32.5 Å². The molecule has 0 saturated heterocycles. The number of fused-ring (bicyclic) bond motifs is 3. The predicted octanol–water partition coefficient (Wildman–Crippen LogP) is 3.29. The molecule has 98 valence electrons. The summed E-state index contributed by atoms with van der Waals surface area (Å²) in [6.45, 7) is 2.87. The lowest BCUT2D eigenvalue weighted by Crippen LogP contribution is -2.25. The molecule has 19 heavy (non-hydrogen) atoms. The van der Waals surface area contributed by atoms with Gasteiger partial charge in [-0.15, -0.1) is 0 Å². The van der Waals surface area contributed by atoms with Crippen molar-refractivity contribution in [2.75, 3.05) is 5.33 Å². The Balaban J connectivity index is 2.39. The molecule has 2 heterocycles. The van der Waals surface area contributed by atoms with E-state index in [1.807, 2.05) is 45.5 Å². The fourth-order valence-electron chi connectivity index (χ4n) is 2.45. The molecule has 0 saturated carbocycles. The summed E-state index contributed by atoms with van der Waals surface area (Å²) in [6, 6.07) is 11.8. The molecule has 2 aromatic heterocycles.